The average molecular weight is 220 g/mol. The molecule has 1 aliphatic heterocycles. The van der Waals surface area contributed by atoms with E-state index >= 15 is 0 Å². The van der Waals surface area contributed by atoms with Crippen molar-refractivity contribution in [3.63, 3.8) is 0 Å². The highest BCUT2D eigenvalue weighted by Gasteiger charge is 2.21. The average Bonchev–Trinajstić information content (AvgIpc) is 2.31. The Morgan fingerprint density at radius 3 is 3.06 bits per heavy atom. The number of fused-ring (bicyclic) bond motifs is 1. The fourth-order valence-corrected chi connectivity index (χ4v) is 1.85. The predicted molar refractivity (Wildman–Crippen MR) is 61.7 cm³/mol. The molecule has 1 aliphatic rings. The second kappa shape index (κ2) is 4.53. The molecule has 4 heteroatoms. The molecule has 0 fully saturated rings. The van der Waals surface area contributed by atoms with Crippen LogP contribution in [0.25, 0.3) is 0 Å². The lowest BCUT2D eigenvalue weighted by Crippen LogP contribution is -2.34. The Morgan fingerprint density at radius 2 is 2.31 bits per heavy atom. The topological polar surface area (TPSA) is 55.6 Å². The van der Waals surface area contributed by atoms with Crippen LogP contribution in [-0.4, -0.2) is 37.6 Å². The van der Waals surface area contributed by atoms with Crippen molar-refractivity contribution >= 4 is 5.91 Å². The van der Waals surface area contributed by atoms with Gasteiger partial charge in [-0.25, -0.2) is 0 Å². The van der Waals surface area contributed by atoms with Crippen molar-refractivity contribution in [1.29, 1.82) is 0 Å². The number of likely N-dealkylation sites (N-methyl/N-ethyl adjacent to an activating group) is 1. The highest BCUT2D eigenvalue weighted by atomic mass is 16.5. The van der Waals surface area contributed by atoms with E-state index in [-0.39, 0.29) is 5.91 Å². The van der Waals surface area contributed by atoms with E-state index in [2.05, 4.69) is 0 Å². The number of hydrogen-bond donors (Lipinski definition) is 1. The minimum absolute atomic E-state index is 0.0895. The van der Waals surface area contributed by atoms with Crippen LogP contribution in [0.15, 0.2) is 18.2 Å². The summed E-state index contributed by atoms with van der Waals surface area (Å²) in [6.07, 6.45) is 0.886. The monoisotopic (exact) mass is 220 g/mol. The summed E-state index contributed by atoms with van der Waals surface area (Å²) in [5.74, 6) is 0.883. The lowest BCUT2D eigenvalue weighted by atomic mass is 9.99. The first-order valence-electron chi connectivity index (χ1n) is 5.43. The molecule has 0 radical (unpaired) electrons. The van der Waals surface area contributed by atoms with Gasteiger partial charge in [0.1, 0.15) is 12.4 Å². The first kappa shape index (κ1) is 11.0. The summed E-state index contributed by atoms with van der Waals surface area (Å²) in [6, 6.07) is 5.60. The summed E-state index contributed by atoms with van der Waals surface area (Å²) in [5.41, 5.74) is 7.22. The van der Waals surface area contributed by atoms with Gasteiger partial charge in [-0.15, -0.1) is 0 Å². The van der Waals surface area contributed by atoms with Crippen molar-refractivity contribution in [2.45, 2.75) is 6.42 Å². The number of carbonyl (C=O) groups is 1. The predicted octanol–water partition coefficient (Wildman–Crippen LogP) is 0.652. The lowest BCUT2D eigenvalue weighted by molar-refractivity contribution is 0.0781. The van der Waals surface area contributed by atoms with Crippen molar-refractivity contribution in [3.05, 3.63) is 29.3 Å². The molecule has 16 heavy (non-hydrogen) atoms. The molecule has 0 unspecified atom stereocenters. The van der Waals surface area contributed by atoms with Gasteiger partial charge in [-0.1, -0.05) is 0 Å². The largest absolute Gasteiger partial charge is 0.492 e. The first-order valence-corrected chi connectivity index (χ1v) is 5.43. The Balaban J connectivity index is 2.23. The quantitative estimate of drug-likeness (QED) is 0.813. The van der Waals surface area contributed by atoms with Crippen LogP contribution in [0.4, 0.5) is 0 Å². The van der Waals surface area contributed by atoms with Gasteiger partial charge >= 0.3 is 0 Å². The Morgan fingerprint density at radius 1 is 1.50 bits per heavy atom. The van der Waals surface area contributed by atoms with Crippen LogP contribution in [0.1, 0.15) is 15.9 Å². The zero-order valence-electron chi connectivity index (χ0n) is 9.40. The maximum Gasteiger partial charge on any atom is 0.253 e. The number of nitrogens with two attached hydrogens (primary N) is 1. The first-order chi connectivity index (χ1) is 7.72. The van der Waals surface area contributed by atoms with Gasteiger partial charge in [0.25, 0.3) is 5.91 Å². The van der Waals surface area contributed by atoms with E-state index in [0.717, 1.165) is 29.8 Å². The van der Waals surface area contributed by atoms with Crippen molar-refractivity contribution in [2.24, 2.45) is 5.73 Å². The smallest absolute Gasteiger partial charge is 0.253 e. The van der Waals surface area contributed by atoms with Gasteiger partial charge < -0.3 is 15.4 Å². The number of nitrogens with zero attached hydrogens (tertiary/aromatic N) is 1. The van der Waals surface area contributed by atoms with Crippen LogP contribution in [0.3, 0.4) is 0 Å². The fourth-order valence-electron chi connectivity index (χ4n) is 1.85. The molecule has 0 spiro atoms. The second-order valence-electron chi connectivity index (χ2n) is 3.93. The summed E-state index contributed by atoms with van der Waals surface area (Å²) >= 11 is 0. The molecule has 86 valence electrons. The fraction of sp³-hybridized carbons (Fsp3) is 0.417. The molecular weight excluding hydrogens is 204 g/mol. The van der Waals surface area contributed by atoms with E-state index < -0.39 is 0 Å². The van der Waals surface area contributed by atoms with Crippen molar-refractivity contribution < 1.29 is 9.53 Å². The lowest BCUT2D eigenvalue weighted by Gasteiger charge is -2.25. The standard InChI is InChI=1S/C12H16N2O2/c1-14-6-4-9-8-10(16-7-5-13)2-3-11(9)12(14)15/h2-3,8H,4-7,13H2,1H3. The molecule has 4 nitrogen and oxygen atoms in total. The summed E-state index contributed by atoms with van der Waals surface area (Å²) in [7, 11) is 1.82. The highest BCUT2D eigenvalue weighted by Crippen LogP contribution is 2.23. The van der Waals surface area contributed by atoms with Crippen LogP contribution in [0.2, 0.25) is 0 Å². The number of hydrogen-bond acceptors (Lipinski definition) is 3. The number of benzene rings is 1. The second-order valence-corrected chi connectivity index (χ2v) is 3.93. The van der Waals surface area contributed by atoms with Crippen LogP contribution < -0.4 is 10.5 Å². The van der Waals surface area contributed by atoms with Crippen LogP contribution >= 0.6 is 0 Å². The summed E-state index contributed by atoms with van der Waals surface area (Å²) in [5, 5.41) is 0. The molecule has 0 atom stereocenters. The molecule has 1 aromatic carbocycles. The maximum absolute atomic E-state index is 11.8. The zero-order valence-corrected chi connectivity index (χ0v) is 9.40. The Hall–Kier alpha value is -1.55. The third kappa shape index (κ3) is 2.02. The number of carbonyl (C=O) groups excluding carboxylic acids is 1. The Labute approximate surface area is 95.0 Å². The molecule has 1 heterocycles. The zero-order chi connectivity index (χ0) is 11.5. The van der Waals surface area contributed by atoms with Gasteiger partial charge in [0.2, 0.25) is 0 Å². The minimum atomic E-state index is 0.0895. The molecule has 0 aliphatic carbocycles. The summed E-state index contributed by atoms with van der Waals surface area (Å²) < 4.78 is 5.43. The van der Waals surface area contributed by atoms with E-state index in [0.29, 0.717) is 13.2 Å². The number of amides is 1. The van der Waals surface area contributed by atoms with Gasteiger partial charge in [0, 0.05) is 25.7 Å². The molecular formula is C12H16N2O2. The van der Waals surface area contributed by atoms with Crippen molar-refractivity contribution in [1.82, 2.24) is 4.90 Å². The molecule has 1 amide bonds. The molecule has 0 aromatic heterocycles. The molecule has 0 bridgehead atoms. The molecule has 2 rings (SSSR count). The number of rotatable bonds is 3. The molecule has 1 aromatic rings. The molecule has 0 saturated heterocycles. The van der Waals surface area contributed by atoms with E-state index in [1.54, 1.807) is 4.90 Å². The summed E-state index contributed by atoms with van der Waals surface area (Å²) in [4.78, 5) is 13.5. The molecule has 2 N–H and O–H groups in total. The third-order valence-corrected chi connectivity index (χ3v) is 2.76. The van der Waals surface area contributed by atoms with Gasteiger partial charge in [0.05, 0.1) is 0 Å². The Bertz CT molecular complexity index is 404. The summed E-state index contributed by atoms with van der Waals surface area (Å²) in [6.45, 7) is 1.78. The van der Waals surface area contributed by atoms with E-state index in [9.17, 15) is 4.79 Å². The van der Waals surface area contributed by atoms with Gasteiger partial charge in [-0.3, -0.25) is 4.79 Å². The van der Waals surface area contributed by atoms with Crippen LogP contribution in [-0.2, 0) is 6.42 Å². The van der Waals surface area contributed by atoms with Crippen molar-refractivity contribution in [2.75, 3.05) is 26.7 Å². The van der Waals surface area contributed by atoms with E-state index in [1.165, 1.54) is 0 Å². The number of ether oxygens (including phenoxy) is 1. The highest BCUT2D eigenvalue weighted by molar-refractivity contribution is 5.96. The normalized spacial score (nSPS) is 14.9. The maximum atomic E-state index is 11.8. The van der Waals surface area contributed by atoms with Gasteiger partial charge in [0.15, 0.2) is 0 Å². The van der Waals surface area contributed by atoms with Crippen LogP contribution in [0.5, 0.6) is 5.75 Å². The van der Waals surface area contributed by atoms with Crippen LogP contribution in [0, 0.1) is 0 Å². The molecule has 0 saturated carbocycles. The van der Waals surface area contributed by atoms with Gasteiger partial charge in [-0.2, -0.15) is 0 Å². The van der Waals surface area contributed by atoms with Crippen molar-refractivity contribution in [3.8, 4) is 5.75 Å². The van der Waals surface area contributed by atoms with E-state index in [4.69, 9.17) is 10.5 Å². The Kier molecular flexibility index (Phi) is 3.10. The minimum Gasteiger partial charge on any atom is -0.492 e. The third-order valence-electron chi connectivity index (χ3n) is 2.76. The van der Waals surface area contributed by atoms with Gasteiger partial charge in [-0.05, 0) is 30.2 Å². The van der Waals surface area contributed by atoms with E-state index in [1.807, 2.05) is 25.2 Å². The SMILES string of the molecule is CN1CCc2cc(OCCN)ccc2C1=O.